The van der Waals surface area contributed by atoms with Crippen LogP contribution in [0.1, 0.15) is 32.3 Å². The summed E-state index contributed by atoms with van der Waals surface area (Å²) < 4.78 is 10.7. The van der Waals surface area contributed by atoms with Crippen LogP contribution in [0.3, 0.4) is 0 Å². The first-order valence-corrected chi connectivity index (χ1v) is 12.0. The van der Waals surface area contributed by atoms with Crippen LogP contribution in [0.5, 0.6) is 11.5 Å². The fraction of sp³-hybridized carbons (Fsp3) is 0.423. The minimum absolute atomic E-state index is 0.0943. The Morgan fingerprint density at radius 1 is 0.941 bits per heavy atom. The number of rotatable bonds is 14. The fourth-order valence-corrected chi connectivity index (χ4v) is 3.65. The molecule has 0 saturated heterocycles. The highest BCUT2D eigenvalue weighted by molar-refractivity contribution is 7.80. The second-order valence-electron chi connectivity index (χ2n) is 8.41. The zero-order chi connectivity index (χ0) is 24.9. The molecule has 2 aromatic rings. The first kappa shape index (κ1) is 27.2. The largest absolute Gasteiger partial charge is 0.497 e. The molecule has 0 unspecified atom stereocenters. The smallest absolute Gasteiger partial charge is 0.258 e. The Hall–Kier alpha value is -3.00. The van der Waals surface area contributed by atoms with Crippen LogP contribution < -0.4 is 20.1 Å². The van der Waals surface area contributed by atoms with E-state index in [0.29, 0.717) is 30.1 Å². The number of hydrogen-bond donors (Lipinski definition) is 3. The Kier molecular flexibility index (Phi) is 11.5. The Bertz CT molecular complexity index is 936. The zero-order valence-corrected chi connectivity index (χ0v) is 20.8. The molecule has 0 aliphatic carbocycles. The Morgan fingerprint density at radius 3 is 2.29 bits per heavy atom. The molecule has 0 aromatic heterocycles. The molecule has 2 N–H and O–H groups in total. The highest BCUT2D eigenvalue weighted by Gasteiger charge is 2.27. The standard InChI is InChI=1S/C26H34N2O5S/c1-18(2)14-23(27-25(30)17-33-21-11-7-10-20(16-21)32-3)26(31)28-22(24(29)12-13-34)15-19-8-5-4-6-9-19/h4-11,16,18,22-23,34H,12-15,17H2,1-3H3,(H,27,30)(H,28,31)/t22-,23-/m0/s1. The molecule has 0 fully saturated rings. The van der Waals surface area contributed by atoms with Crippen molar-refractivity contribution in [3.63, 3.8) is 0 Å². The predicted molar refractivity (Wildman–Crippen MR) is 135 cm³/mol. The number of carbonyl (C=O) groups is 3. The van der Waals surface area contributed by atoms with Crippen LogP contribution in [0.25, 0.3) is 0 Å². The lowest BCUT2D eigenvalue weighted by atomic mass is 9.98. The van der Waals surface area contributed by atoms with Crippen LogP contribution in [-0.2, 0) is 20.8 Å². The van der Waals surface area contributed by atoms with Gasteiger partial charge in [0.15, 0.2) is 12.4 Å². The number of thiol groups is 1. The number of Topliss-reactive ketones (excluding diaryl/α,β-unsaturated/α-hetero) is 1. The SMILES string of the molecule is COc1cccc(OCC(=O)N[C@@H](CC(C)C)C(=O)N[C@@H](Cc2ccccc2)C(=O)CCS)c1. The molecular formula is C26H34N2O5S. The van der Waals surface area contributed by atoms with Crippen molar-refractivity contribution in [2.75, 3.05) is 19.5 Å². The summed E-state index contributed by atoms with van der Waals surface area (Å²) >= 11 is 4.16. The molecule has 0 bridgehead atoms. The van der Waals surface area contributed by atoms with Gasteiger partial charge in [0.1, 0.15) is 17.5 Å². The number of ether oxygens (including phenoxy) is 2. The maximum atomic E-state index is 13.1. The van der Waals surface area contributed by atoms with Gasteiger partial charge in [0.2, 0.25) is 5.91 Å². The molecule has 8 heteroatoms. The summed E-state index contributed by atoms with van der Waals surface area (Å²) in [6, 6.07) is 14.9. The summed E-state index contributed by atoms with van der Waals surface area (Å²) in [5.41, 5.74) is 0.941. The molecule has 2 amide bonds. The minimum Gasteiger partial charge on any atom is -0.497 e. The lowest BCUT2D eigenvalue weighted by molar-refractivity contribution is -0.132. The maximum absolute atomic E-state index is 13.1. The van der Waals surface area contributed by atoms with Crippen LogP contribution >= 0.6 is 12.6 Å². The second kappa shape index (κ2) is 14.3. The predicted octanol–water partition coefficient (Wildman–Crippen LogP) is 3.22. The van der Waals surface area contributed by atoms with E-state index in [1.165, 1.54) is 0 Å². The minimum atomic E-state index is -0.788. The summed E-state index contributed by atoms with van der Waals surface area (Å²) in [5, 5.41) is 5.61. The number of ketones is 1. The van der Waals surface area contributed by atoms with Gasteiger partial charge in [-0.1, -0.05) is 50.2 Å². The molecule has 2 rings (SSSR count). The van der Waals surface area contributed by atoms with Gasteiger partial charge in [-0.05, 0) is 42.2 Å². The number of nitrogens with one attached hydrogen (secondary N) is 2. The molecule has 2 aromatic carbocycles. The lowest BCUT2D eigenvalue weighted by Crippen LogP contribution is -2.53. The average Bonchev–Trinajstić information content (AvgIpc) is 2.82. The highest BCUT2D eigenvalue weighted by Crippen LogP contribution is 2.18. The van der Waals surface area contributed by atoms with Crippen LogP contribution in [0.15, 0.2) is 54.6 Å². The first-order chi connectivity index (χ1) is 16.3. The van der Waals surface area contributed by atoms with Crippen molar-refractivity contribution in [2.45, 2.75) is 45.2 Å². The summed E-state index contributed by atoms with van der Waals surface area (Å²) in [4.78, 5) is 38.4. The molecule has 0 saturated carbocycles. The lowest BCUT2D eigenvalue weighted by Gasteiger charge is -2.24. The third-order valence-electron chi connectivity index (χ3n) is 5.12. The van der Waals surface area contributed by atoms with E-state index in [-0.39, 0.29) is 24.7 Å². The van der Waals surface area contributed by atoms with Gasteiger partial charge in [0, 0.05) is 12.5 Å². The van der Waals surface area contributed by atoms with Crippen molar-refractivity contribution < 1.29 is 23.9 Å². The summed E-state index contributed by atoms with van der Waals surface area (Å²) in [7, 11) is 1.55. The van der Waals surface area contributed by atoms with E-state index in [1.54, 1.807) is 31.4 Å². The maximum Gasteiger partial charge on any atom is 0.258 e. The molecule has 2 atom stereocenters. The molecular weight excluding hydrogens is 452 g/mol. The number of benzene rings is 2. The van der Waals surface area contributed by atoms with E-state index in [0.717, 1.165) is 5.56 Å². The van der Waals surface area contributed by atoms with Crippen LogP contribution in [0.4, 0.5) is 0 Å². The van der Waals surface area contributed by atoms with Crippen molar-refractivity contribution in [2.24, 2.45) is 5.92 Å². The quantitative estimate of drug-likeness (QED) is 0.357. The van der Waals surface area contributed by atoms with Crippen molar-refractivity contribution in [3.05, 3.63) is 60.2 Å². The van der Waals surface area contributed by atoms with Gasteiger partial charge in [0.05, 0.1) is 13.2 Å². The Balaban J connectivity index is 2.04. The van der Waals surface area contributed by atoms with Gasteiger partial charge in [-0.2, -0.15) is 12.6 Å². The van der Waals surface area contributed by atoms with Crippen molar-refractivity contribution >= 4 is 30.2 Å². The molecule has 7 nitrogen and oxygen atoms in total. The number of methoxy groups -OCH3 is 1. The first-order valence-electron chi connectivity index (χ1n) is 11.4. The average molecular weight is 487 g/mol. The van der Waals surface area contributed by atoms with E-state index in [1.807, 2.05) is 44.2 Å². The molecule has 0 heterocycles. The monoisotopic (exact) mass is 486 g/mol. The highest BCUT2D eigenvalue weighted by atomic mass is 32.1. The summed E-state index contributed by atoms with van der Waals surface area (Å²) in [5.74, 6) is 0.735. The van der Waals surface area contributed by atoms with Crippen molar-refractivity contribution in [3.8, 4) is 11.5 Å². The molecule has 0 aliphatic rings. The van der Waals surface area contributed by atoms with E-state index >= 15 is 0 Å². The van der Waals surface area contributed by atoms with E-state index in [2.05, 4.69) is 23.3 Å². The number of amides is 2. The Morgan fingerprint density at radius 2 is 1.65 bits per heavy atom. The van der Waals surface area contributed by atoms with Crippen molar-refractivity contribution in [1.29, 1.82) is 0 Å². The number of carbonyl (C=O) groups excluding carboxylic acids is 3. The fourth-order valence-electron chi connectivity index (χ4n) is 3.43. The topological polar surface area (TPSA) is 93.7 Å². The molecule has 184 valence electrons. The van der Waals surface area contributed by atoms with Gasteiger partial charge in [-0.3, -0.25) is 14.4 Å². The van der Waals surface area contributed by atoms with Gasteiger partial charge < -0.3 is 20.1 Å². The van der Waals surface area contributed by atoms with Gasteiger partial charge in [-0.15, -0.1) is 0 Å². The van der Waals surface area contributed by atoms with Crippen molar-refractivity contribution in [1.82, 2.24) is 10.6 Å². The summed E-state index contributed by atoms with van der Waals surface area (Å²) in [6.45, 7) is 3.68. The molecule has 0 aliphatic heterocycles. The third-order valence-corrected chi connectivity index (χ3v) is 5.34. The zero-order valence-electron chi connectivity index (χ0n) is 20.0. The van der Waals surface area contributed by atoms with E-state index < -0.39 is 23.9 Å². The van der Waals surface area contributed by atoms with Gasteiger partial charge >= 0.3 is 0 Å². The molecule has 0 radical (unpaired) electrons. The normalized spacial score (nSPS) is 12.5. The van der Waals surface area contributed by atoms with Crippen LogP contribution in [0.2, 0.25) is 0 Å². The molecule has 0 spiro atoms. The van der Waals surface area contributed by atoms with Gasteiger partial charge in [-0.25, -0.2) is 0 Å². The van der Waals surface area contributed by atoms with Crippen LogP contribution in [0, 0.1) is 5.92 Å². The van der Waals surface area contributed by atoms with E-state index in [9.17, 15) is 14.4 Å². The summed E-state index contributed by atoms with van der Waals surface area (Å²) in [6.07, 6.45) is 1.05. The van der Waals surface area contributed by atoms with Crippen LogP contribution in [-0.4, -0.2) is 49.2 Å². The Labute approximate surface area is 207 Å². The second-order valence-corrected chi connectivity index (χ2v) is 8.86. The van der Waals surface area contributed by atoms with E-state index in [4.69, 9.17) is 9.47 Å². The number of hydrogen-bond acceptors (Lipinski definition) is 6. The third kappa shape index (κ3) is 9.47. The van der Waals surface area contributed by atoms with Gasteiger partial charge in [0.25, 0.3) is 5.91 Å². The molecule has 34 heavy (non-hydrogen) atoms.